The molecule has 0 fully saturated rings. The first-order valence-electron chi connectivity index (χ1n) is 31.9. The Labute approximate surface area is 561 Å². The molecule has 8 aliphatic rings. The molecular weight excluding hydrogens is 2180 g/mol. The molecule has 0 saturated heterocycles. The van der Waals surface area contributed by atoms with Gasteiger partial charge in [-0.15, -0.1) is 18.3 Å². The van der Waals surface area contributed by atoms with Gasteiger partial charge in [0.2, 0.25) is 0 Å². The van der Waals surface area contributed by atoms with E-state index >= 15 is 0 Å². The van der Waals surface area contributed by atoms with Gasteiger partial charge in [0, 0.05) is 0 Å². The molecule has 0 amide bonds. The van der Waals surface area contributed by atoms with Crippen LogP contribution in [0.15, 0.2) is 238 Å². The summed E-state index contributed by atoms with van der Waals surface area (Å²) in [5, 5.41) is 0. The minimum absolute atomic E-state index is 0. The molecule has 12 nitrogen and oxygen atoms in total. The largest absolute Gasteiger partial charge is 0.497 e. The van der Waals surface area contributed by atoms with Gasteiger partial charge < -0.3 is 48.7 Å². The molecule has 0 saturated carbocycles. The van der Waals surface area contributed by atoms with E-state index in [1.165, 1.54) is 0 Å². The fraction of sp³-hybridized carbons (Fsp3) is 0.259. The van der Waals surface area contributed by atoms with Crippen LogP contribution < -0.4 is 18.9 Å². The average Bonchev–Trinajstić information content (AvgIpc) is 1.49. The van der Waals surface area contributed by atoms with Gasteiger partial charge in [0.25, 0.3) is 46.7 Å². The van der Waals surface area contributed by atoms with Gasteiger partial charge in [0.15, 0.2) is 0 Å². The van der Waals surface area contributed by atoms with Crippen molar-refractivity contribution in [1.29, 1.82) is 0 Å². The summed E-state index contributed by atoms with van der Waals surface area (Å²) < 4.78 is 29.0. The molecule has 16 rings (SSSR count). The second-order valence-corrected chi connectivity index (χ2v) is 17.2. The number of rotatable bonds is 4. The number of fused-ring (bicyclic) bond motifs is 12. The third-order valence-corrected chi connectivity index (χ3v) is 13.3. The summed E-state index contributed by atoms with van der Waals surface area (Å²) >= 11 is 0. The van der Waals surface area contributed by atoms with Gasteiger partial charge in [-0.1, -0.05) is 252 Å². The van der Waals surface area contributed by atoms with Crippen molar-refractivity contribution in [3.8, 4) is 23.0 Å². The van der Waals surface area contributed by atoms with Crippen LogP contribution in [0.2, 0.25) is 0 Å². The smallest absolute Gasteiger partial charge is 0.491 e. The summed E-state index contributed by atoms with van der Waals surface area (Å²) in [7, 11) is 6.65. The van der Waals surface area contributed by atoms with Crippen molar-refractivity contribution in [2.75, 3.05) is 28.4 Å². The van der Waals surface area contributed by atoms with Crippen molar-refractivity contribution in [3.05, 3.63) is 293 Å². The van der Waals surface area contributed by atoms with E-state index in [9.17, 15) is 0 Å². The standard InChI is InChI=1S/C33H16N8.4C7H8O.8C2H6.4CH3.4Fm/c1-2-10-18-17(9-1)25-34-27-19-11-3-4-12-20(19)29-36-31-23-15-7-8-16-24(23)32-37-30-22-14-6-5-13-21(22)28-35-26(18)38(25)33(39(27)29,40(28)30)41(31)32;4*1-8-7-5-3-2-4-6-7;8*1-2;;;;;;;;/h1-16H;4*2-6H,1H3;8*1-2H3;4*1H3;;;;/q+4;;;;;;;;;;;;;4*-1;;;;. The summed E-state index contributed by atoms with van der Waals surface area (Å²) in [5.74, 6) is 9.90. The average molecular weight is 2290 g/mol. The first-order chi connectivity index (χ1) is 44.1. The number of amidine groups is 8. The first kappa shape index (κ1) is 92.0. The number of benzene rings is 8. The Morgan fingerprint density at radius 1 is 0.216 bits per heavy atom. The van der Waals surface area contributed by atoms with Crippen LogP contribution in [0.1, 0.15) is 155 Å². The molecule has 0 aliphatic carbocycles. The predicted molar refractivity (Wildman–Crippen MR) is 401 cm³/mol. The summed E-state index contributed by atoms with van der Waals surface area (Å²) in [6.07, 6.45) is 0. The van der Waals surface area contributed by atoms with E-state index in [4.69, 9.17) is 38.9 Å². The van der Waals surface area contributed by atoms with Crippen molar-refractivity contribution in [3.63, 3.8) is 0 Å². The molecule has 16 heteroatoms. The predicted octanol–water partition coefficient (Wildman–Crippen LogP) is 19.3. The van der Waals surface area contributed by atoms with E-state index < -0.39 is 5.91 Å². The van der Waals surface area contributed by atoms with E-state index in [1.807, 2.05) is 232 Å². The molecule has 0 unspecified atom stereocenters. The van der Waals surface area contributed by atoms with Gasteiger partial charge in [-0.2, -0.15) is 0 Å². The third-order valence-electron chi connectivity index (χ3n) is 13.3. The Morgan fingerprint density at radius 2 is 0.351 bits per heavy atom. The van der Waals surface area contributed by atoms with Crippen molar-refractivity contribution >= 4 is 46.7 Å². The fourth-order valence-corrected chi connectivity index (χ4v) is 10.1. The molecule has 8 heterocycles. The molecule has 8 aromatic rings. The van der Waals surface area contributed by atoms with Crippen LogP contribution in [-0.2, 0) is 0 Å². The van der Waals surface area contributed by atoms with Crippen LogP contribution in [-0.4, -0.2) is 99.3 Å². The van der Waals surface area contributed by atoms with E-state index in [1.54, 1.807) is 28.4 Å². The van der Waals surface area contributed by atoms with Crippen LogP contribution in [0.25, 0.3) is 0 Å². The number of aliphatic imine (C=N–C) groups is 4. The summed E-state index contributed by atoms with van der Waals surface area (Å²) in [4.78, 5) is 21.7. The first-order valence-corrected chi connectivity index (χ1v) is 31.9. The Hall–Kier alpha value is -13.7. The number of para-hydroxylation sites is 4. The minimum atomic E-state index is -0.923. The molecule has 8 aliphatic heterocycles. The number of nitrogens with zero attached hydrogens (tertiary/aromatic N) is 8. The zero-order valence-electron chi connectivity index (χ0n) is 61.7. The normalized spacial score (nSPS) is 12.2. The van der Waals surface area contributed by atoms with E-state index in [0.717, 1.165) is 114 Å². The van der Waals surface area contributed by atoms with Crippen LogP contribution in [0.4, 0.5) is 0 Å². The molecule has 1 spiro atoms. The third kappa shape index (κ3) is 17.5. The maximum Gasteiger partial charge on any atom is 0.491 e. The van der Waals surface area contributed by atoms with Gasteiger partial charge in [-0.3, -0.25) is 0 Å². The quantitative estimate of drug-likeness (QED) is 0.129. The van der Waals surface area contributed by atoms with Crippen LogP contribution in [0.3, 0.4) is 0 Å². The zero-order valence-corrected chi connectivity index (χ0v) is 71.3. The van der Waals surface area contributed by atoms with Crippen LogP contribution in [0.5, 0.6) is 23.0 Å². The second-order valence-electron chi connectivity index (χ2n) is 17.2. The van der Waals surface area contributed by atoms with Gasteiger partial charge in [-0.25, -0.2) is 0 Å². The Morgan fingerprint density at radius 3 is 0.485 bits per heavy atom. The van der Waals surface area contributed by atoms with E-state index in [-0.39, 0.29) is 29.7 Å². The number of hydrogen-bond acceptors (Lipinski definition) is 8. The Bertz CT molecular complexity index is 3300. The topological polar surface area (TPSA) is 98.4 Å². The van der Waals surface area contributed by atoms with Crippen molar-refractivity contribution in [2.24, 2.45) is 20.0 Å². The Balaban J connectivity index is -0.000000421. The molecule has 544 valence electrons. The second kappa shape index (κ2) is 46.4. The summed E-state index contributed by atoms with van der Waals surface area (Å²) in [5.41, 5.74) is 8.67. The maximum atomic E-state index is 5.42. The number of hydrogen-bond donors (Lipinski definition) is 0. The van der Waals surface area contributed by atoms with Crippen molar-refractivity contribution in [2.45, 2.75) is 117 Å². The van der Waals surface area contributed by atoms with E-state index in [2.05, 4.69) is 115 Å². The molecular formula is C81H108Fm4N8O4. The number of methoxy groups -OCH3 is 4. The molecule has 0 N–H and O–H groups in total. The maximum absolute atomic E-state index is 5.42. The zero-order chi connectivity index (χ0) is 65.5. The van der Waals surface area contributed by atoms with E-state index in [0.29, 0.717) is 0 Å². The summed E-state index contributed by atoms with van der Waals surface area (Å²) in [6, 6.07) is 72.7. The van der Waals surface area contributed by atoms with Gasteiger partial charge >= 0.3 is 5.91 Å². The molecule has 0 atom stereocenters. The van der Waals surface area contributed by atoms with Crippen molar-refractivity contribution in [1.82, 2.24) is 0 Å². The fourth-order valence-electron chi connectivity index (χ4n) is 10.1. The monoisotopic (exact) mass is 2290 g/mol. The van der Waals surface area contributed by atoms with Gasteiger partial charge in [0.05, 0.1) is 72.9 Å². The molecule has 8 aromatic carbocycles. The molecule has 0 bridgehead atoms. The molecule has 97 heavy (non-hydrogen) atoms. The van der Waals surface area contributed by atoms with Crippen LogP contribution in [0, 0.1) is 29.7 Å². The van der Waals surface area contributed by atoms with Gasteiger partial charge in [-0.05, 0) is 97.1 Å². The Kier molecular flexibility index (Phi) is 44.0. The minimum Gasteiger partial charge on any atom is -0.497 e. The van der Waals surface area contributed by atoms with Crippen molar-refractivity contribution < 1.29 is 37.2 Å². The van der Waals surface area contributed by atoms with Gasteiger partial charge in [0.1, 0.15) is 23.0 Å². The summed E-state index contributed by atoms with van der Waals surface area (Å²) in [6.45, 7) is 32.0. The molecule has 0 radical (unpaired) electrons. The SMILES string of the molecule is CC.CC.CC.CC.CC.CC.CC.CC.COc1ccccc1.COc1ccccc1.COc1ccccc1.COc1ccccc1.[CH3-].[CH3-].[CH3-].[CH3-].[Fm].[Fm].[Fm].[Fm].c1ccc2c(c1)C1=NC3=[N+]4C(=NC5=[N+]6C(=NC7=[N+]8C(=NC2=[N+]1C846)c1ccccc17)c1ccccc15)c1ccccc13. The molecule has 0 aromatic heterocycles. The number of ether oxygens (including phenoxy) is 4. The van der Waals surface area contributed by atoms with Crippen LogP contribution >= 0.6 is 0 Å².